The van der Waals surface area contributed by atoms with E-state index >= 15 is 0 Å². The van der Waals surface area contributed by atoms with E-state index in [-0.39, 0.29) is 17.5 Å². The number of piperidine rings is 1. The molecule has 0 unspecified atom stereocenters. The molecule has 1 heterocycles. The molecule has 0 spiro atoms. The molecule has 0 radical (unpaired) electrons. The van der Waals surface area contributed by atoms with Crippen LogP contribution in [0, 0.1) is 0 Å². The number of nitrogens with one attached hydrogen (secondary N) is 2. The molecule has 1 atom stereocenters. The number of benzene rings is 1. The van der Waals surface area contributed by atoms with Crippen molar-refractivity contribution >= 4 is 33.5 Å². The number of carbonyl (C=O) groups excluding carboxylic acids is 1. The van der Waals surface area contributed by atoms with Gasteiger partial charge in [-0.05, 0) is 53.5 Å². The zero-order valence-corrected chi connectivity index (χ0v) is 11.9. The molecular weight excluding hydrogens is 312 g/mol. The summed E-state index contributed by atoms with van der Waals surface area (Å²) in [7, 11) is 0. The van der Waals surface area contributed by atoms with Crippen LogP contribution in [0.15, 0.2) is 22.7 Å². The topological polar surface area (TPSA) is 78.4 Å². The van der Waals surface area contributed by atoms with Gasteiger partial charge in [-0.25, -0.2) is 4.79 Å². The zero-order chi connectivity index (χ0) is 13.8. The highest BCUT2D eigenvalue weighted by atomic mass is 79.9. The average Bonchev–Trinajstić information content (AvgIpc) is 2.42. The van der Waals surface area contributed by atoms with E-state index in [4.69, 9.17) is 5.11 Å². The van der Waals surface area contributed by atoms with Crippen LogP contribution >= 0.6 is 15.9 Å². The number of hydrogen-bond acceptors (Lipinski definition) is 3. The predicted octanol–water partition coefficient (Wildman–Crippen LogP) is 2.23. The number of halogens is 1. The van der Waals surface area contributed by atoms with E-state index in [1.54, 1.807) is 6.07 Å². The third-order valence-corrected chi connectivity index (χ3v) is 3.79. The van der Waals surface area contributed by atoms with E-state index in [0.717, 1.165) is 25.8 Å². The highest BCUT2D eigenvalue weighted by molar-refractivity contribution is 9.10. The van der Waals surface area contributed by atoms with Crippen molar-refractivity contribution in [1.29, 1.82) is 0 Å². The lowest BCUT2D eigenvalue weighted by Crippen LogP contribution is -2.43. The molecule has 5 nitrogen and oxygen atoms in total. The maximum Gasteiger partial charge on any atom is 0.335 e. The van der Waals surface area contributed by atoms with Crippen molar-refractivity contribution in [1.82, 2.24) is 5.32 Å². The van der Waals surface area contributed by atoms with Crippen molar-refractivity contribution in [2.75, 3.05) is 11.9 Å². The Balaban J connectivity index is 2.11. The number of carboxylic acid groups (broad SMARTS) is 1. The molecule has 1 aliphatic rings. The van der Waals surface area contributed by atoms with Crippen molar-refractivity contribution in [2.24, 2.45) is 0 Å². The molecule has 1 amide bonds. The standard InChI is InChI=1S/C13H15BrN2O3/c14-9-5-4-8(13(18)19)7-11(9)16-12(17)10-3-1-2-6-15-10/h4-5,7,10,15H,1-3,6H2,(H,16,17)(H,18,19)/t10-/m0/s1. The van der Waals surface area contributed by atoms with Gasteiger partial charge in [-0.15, -0.1) is 0 Å². The van der Waals surface area contributed by atoms with Gasteiger partial charge < -0.3 is 15.7 Å². The fourth-order valence-electron chi connectivity index (χ4n) is 2.05. The minimum absolute atomic E-state index is 0.122. The Morgan fingerprint density at radius 2 is 2.16 bits per heavy atom. The monoisotopic (exact) mass is 326 g/mol. The normalized spacial score (nSPS) is 18.9. The summed E-state index contributed by atoms with van der Waals surface area (Å²) >= 11 is 3.30. The van der Waals surface area contributed by atoms with Crippen LogP contribution in [0.3, 0.4) is 0 Å². The first-order valence-electron chi connectivity index (χ1n) is 6.15. The van der Waals surface area contributed by atoms with Crippen LogP contribution in [-0.2, 0) is 4.79 Å². The number of anilines is 1. The predicted molar refractivity (Wildman–Crippen MR) is 75.4 cm³/mol. The van der Waals surface area contributed by atoms with Crippen molar-refractivity contribution in [3.63, 3.8) is 0 Å². The second kappa shape index (κ2) is 6.16. The second-order valence-electron chi connectivity index (χ2n) is 4.49. The van der Waals surface area contributed by atoms with Crippen LogP contribution in [0.1, 0.15) is 29.6 Å². The zero-order valence-electron chi connectivity index (χ0n) is 10.3. The average molecular weight is 327 g/mol. The first kappa shape index (κ1) is 14.0. The SMILES string of the molecule is O=C(O)c1ccc(Br)c(NC(=O)[C@@H]2CCCCN2)c1. The minimum Gasteiger partial charge on any atom is -0.478 e. The Morgan fingerprint density at radius 3 is 2.79 bits per heavy atom. The van der Waals surface area contributed by atoms with Crippen molar-refractivity contribution in [2.45, 2.75) is 25.3 Å². The fourth-order valence-corrected chi connectivity index (χ4v) is 2.40. The van der Waals surface area contributed by atoms with Gasteiger partial charge in [0.25, 0.3) is 0 Å². The smallest absolute Gasteiger partial charge is 0.335 e. The fraction of sp³-hybridized carbons (Fsp3) is 0.385. The largest absolute Gasteiger partial charge is 0.478 e. The molecule has 1 aromatic carbocycles. The van der Waals surface area contributed by atoms with E-state index in [1.807, 2.05) is 0 Å². The van der Waals surface area contributed by atoms with Gasteiger partial charge in [-0.1, -0.05) is 6.42 Å². The van der Waals surface area contributed by atoms with Crippen LogP contribution in [0.5, 0.6) is 0 Å². The molecule has 3 N–H and O–H groups in total. The van der Waals surface area contributed by atoms with Crippen LogP contribution in [-0.4, -0.2) is 29.6 Å². The van der Waals surface area contributed by atoms with Crippen molar-refractivity contribution in [3.05, 3.63) is 28.2 Å². The first-order chi connectivity index (χ1) is 9.08. The van der Waals surface area contributed by atoms with Crippen molar-refractivity contribution in [3.8, 4) is 0 Å². The van der Waals surface area contributed by atoms with Gasteiger partial charge in [-0.2, -0.15) is 0 Å². The van der Waals surface area contributed by atoms with Crippen LogP contribution < -0.4 is 10.6 Å². The highest BCUT2D eigenvalue weighted by Gasteiger charge is 2.21. The Bertz CT molecular complexity index is 499. The molecule has 1 aromatic rings. The quantitative estimate of drug-likeness (QED) is 0.795. The lowest BCUT2D eigenvalue weighted by Gasteiger charge is -2.22. The summed E-state index contributed by atoms with van der Waals surface area (Å²) in [5.41, 5.74) is 0.632. The molecule has 2 rings (SSSR count). The molecule has 19 heavy (non-hydrogen) atoms. The van der Waals surface area contributed by atoms with Gasteiger partial charge in [0.15, 0.2) is 0 Å². The molecule has 0 saturated carbocycles. The summed E-state index contributed by atoms with van der Waals surface area (Å²) in [4.78, 5) is 23.0. The van der Waals surface area contributed by atoms with E-state index in [0.29, 0.717) is 10.2 Å². The number of carbonyl (C=O) groups is 2. The van der Waals surface area contributed by atoms with Crippen LogP contribution in [0.25, 0.3) is 0 Å². The Kier molecular flexibility index (Phi) is 4.55. The Hall–Kier alpha value is -1.40. The molecule has 0 bridgehead atoms. The molecule has 102 valence electrons. The van der Waals surface area contributed by atoms with Gasteiger partial charge in [0, 0.05) is 4.47 Å². The highest BCUT2D eigenvalue weighted by Crippen LogP contribution is 2.24. The molecule has 0 aliphatic carbocycles. The van der Waals surface area contributed by atoms with Crippen LogP contribution in [0.4, 0.5) is 5.69 Å². The van der Waals surface area contributed by atoms with E-state index < -0.39 is 5.97 Å². The Morgan fingerprint density at radius 1 is 1.37 bits per heavy atom. The van der Waals surface area contributed by atoms with Gasteiger partial charge in [0.05, 0.1) is 17.3 Å². The number of hydrogen-bond donors (Lipinski definition) is 3. The summed E-state index contributed by atoms with van der Waals surface area (Å²) in [6.45, 7) is 0.842. The third-order valence-electron chi connectivity index (χ3n) is 3.10. The summed E-state index contributed by atoms with van der Waals surface area (Å²) in [5.74, 6) is -1.14. The number of rotatable bonds is 3. The van der Waals surface area contributed by atoms with E-state index in [9.17, 15) is 9.59 Å². The van der Waals surface area contributed by atoms with Crippen molar-refractivity contribution < 1.29 is 14.7 Å². The first-order valence-corrected chi connectivity index (χ1v) is 6.94. The van der Waals surface area contributed by atoms with Gasteiger partial charge in [0.1, 0.15) is 0 Å². The Labute approximate surface area is 119 Å². The van der Waals surface area contributed by atoms with Crippen LogP contribution in [0.2, 0.25) is 0 Å². The second-order valence-corrected chi connectivity index (χ2v) is 5.35. The van der Waals surface area contributed by atoms with E-state index in [2.05, 4.69) is 26.6 Å². The lowest BCUT2D eigenvalue weighted by atomic mass is 10.0. The maximum atomic E-state index is 12.1. The summed E-state index contributed by atoms with van der Waals surface area (Å²) in [5, 5.41) is 14.9. The van der Waals surface area contributed by atoms with E-state index in [1.165, 1.54) is 12.1 Å². The van der Waals surface area contributed by atoms with Gasteiger partial charge in [0.2, 0.25) is 5.91 Å². The molecule has 0 aromatic heterocycles. The molecule has 6 heteroatoms. The molecule has 1 fully saturated rings. The minimum atomic E-state index is -1.02. The summed E-state index contributed by atoms with van der Waals surface area (Å²) in [6.07, 6.45) is 2.92. The molecular formula is C13H15BrN2O3. The van der Waals surface area contributed by atoms with Gasteiger partial charge in [-0.3, -0.25) is 4.79 Å². The van der Waals surface area contributed by atoms with Gasteiger partial charge >= 0.3 is 5.97 Å². The molecule has 1 saturated heterocycles. The number of carboxylic acids is 1. The summed E-state index contributed by atoms with van der Waals surface area (Å²) < 4.78 is 0.668. The molecule has 1 aliphatic heterocycles. The lowest BCUT2D eigenvalue weighted by molar-refractivity contribution is -0.118. The summed E-state index contributed by atoms with van der Waals surface area (Å²) in [6, 6.07) is 4.36. The number of amides is 1. The maximum absolute atomic E-state index is 12.1. The third kappa shape index (κ3) is 3.54. The number of aromatic carboxylic acids is 1.